The van der Waals surface area contributed by atoms with Crippen LogP contribution in [-0.2, 0) is 6.42 Å². The van der Waals surface area contributed by atoms with Crippen LogP contribution in [0.25, 0.3) is 11.4 Å². The van der Waals surface area contributed by atoms with Crippen molar-refractivity contribution in [1.29, 1.82) is 5.26 Å². The molecule has 0 aliphatic rings. The third-order valence-corrected chi connectivity index (χ3v) is 3.18. The number of aromatic nitrogens is 2. The molecule has 0 bridgehead atoms. The predicted octanol–water partition coefficient (Wildman–Crippen LogP) is 3.20. The van der Waals surface area contributed by atoms with E-state index in [1.807, 2.05) is 0 Å². The molecule has 0 aliphatic heterocycles. The molecule has 0 amide bonds. The predicted molar refractivity (Wildman–Crippen MR) is 64.3 cm³/mol. The van der Waals surface area contributed by atoms with Crippen molar-refractivity contribution < 1.29 is 8.94 Å². The van der Waals surface area contributed by atoms with Crippen LogP contribution in [0, 0.1) is 16.7 Å². The number of hydrogen-bond acceptors (Lipinski definition) is 5. The van der Waals surface area contributed by atoms with Gasteiger partial charge in [-0.2, -0.15) is 10.2 Å². The molecule has 1 atom stereocenters. The lowest BCUT2D eigenvalue weighted by Gasteiger charge is -2.22. The molecule has 0 aromatic carbocycles. The van der Waals surface area contributed by atoms with E-state index < -0.39 is 0 Å². The highest BCUT2D eigenvalue weighted by Crippen LogP contribution is 2.30. The second-order valence-electron chi connectivity index (χ2n) is 4.70. The Morgan fingerprint density at radius 1 is 1.50 bits per heavy atom. The van der Waals surface area contributed by atoms with Gasteiger partial charge in [0.2, 0.25) is 11.7 Å². The topological polar surface area (TPSA) is 75.8 Å². The van der Waals surface area contributed by atoms with Crippen molar-refractivity contribution >= 4 is 0 Å². The first-order valence-corrected chi connectivity index (χ1v) is 5.89. The van der Waals surface area contributed by atoms with Crippen molar-refractivity contribution in [2.24, 2.45) is 5.41 Å². The zero-order valence-electron chi connectivity index (χ0n) is 10.5. The van der Waals surface area contributed by atoms with Gasteiger partial charge in [-0.1, -0.05) is 19.0 Å². The van der Waals surface area contributed by atoms with E-state index in [1.54, 1.807) is 18.6 Å². The minimum Gasteiger partial charge on any atom is -0.472 e. The quantitative estimate of drug-likeness (QED) is 0.808. The number of nitriles is 1. The van der Waals surface area contributed by atoms with Crippen LogP contribution >= 0.6 is 0 Å². The molecule has 0 saturated carbocycles. The van der Waals surface area contributed by atoms with Gasteiger partial charge in [-0.25, -0.2) is 0 Å². The minimum atomic E-state index is -0.116. The fourth-order valence-corrected chi connectivity index (χ4v) is 1.70. The average Bonchev–Trinajstić information content (AvgIpc) is 2.99. The summed E-state index contributed by atoms with van der Waals surface area (Å²) in [6.07, 6.45) is 5.12. The van der Waals surface area contributed by atoms with Gasteiger partial charge in [0.15, 0.2) is 0 Å². The maximum Gasteiger partial charge on any atom is 0.227 e. The zero-order valence-corrected chi connectivity index (χ0v) is 10.5. The third kappa shape index (κ3) is 2.59. The van der Waals surface area contributed by atoms with Crippen molar-refractivity contribution in [3.8, 4) is 17.5 Å². The number of nitrogens with zero attached hydrogens (tertiary/aromatic N) is 3. The van der Waals surface area contributed by atoms with Crippen molar-refractivity contribution in [3.63, 3.8) is 0 Å². The lowest BCUT2D eigenvalue weighted by atomic mass is 9.81. The molecular weight excluding hydrogens is 230 g/mol. The van der Waals surface area contributed by atoms with Gasteiger partial charge in [-0.05, 0) is 17.9 Å². The van der Waals surface area contributed by atoms with E-state index in [-0.39, 0.29) is 5.41 Å². The molecular formula is C13H15N3O2. The Morgan fingerprint density at radius 3 is 2.94 bits per heavy atom. The van der Waals surface area contributed by atoms with E-state index in [1.165, 1.54) is 0 Å². The summed E-state index contributed by atoms with van der Waals surface area (Å²) >= 11 is 0. The molecule has 94 valence electrons. The molecule has 2 aromatic heterocycles. The molecule has 18 heavy (non-hydrogen) atoms. The highest BCUT2D eigenvalue weighted by molar-refractivity contribution is 5.51. The van der Waals surface area contributed by atoms with Crippen molar-refractivity contribution in [2.75, 3.05) is 0 Å². The first-order chi connectivity index (χ1) is 8.67. The molecule has 0 aliphatic carbocycles. The van der Waals surface area contributed by atoms with Gasteiger partial charge in [0.25, 0.3) is 0 Å². The molecule has 0 spiro atoms. The van der Waals surface area contributed by atoms with Crippen LogP contribution in [0.2, 0.25) is 0 Å². The Balaban J connectivity index is 2.14. The molecule has 2 heterocycles. The zero-order chi connectivity index (χ0) is 13.0. The molecule has 5 heteroatoms. The van der Waals surface area contributed by atoms with Gasteiger partial charge in [0.05, 0.1) is 17.9 Å². The maximum absolute atomic E-state index is 8.84. The molecule has 5 nitrogen and oxygen atoms in total. The van der Waals surface area contributed by atoms with Crippen LogP contribution in [0.1, 0.15) is 32.6 Å². The summed E-state index contributed by atoms with van der Waals surface area (Å²) in [7, 11) is 0. The normalized spacial score (nSPS) is 14.1. The van der Waals surface area contributed by atoms with Crippen LogP contribution < -0.4 is 0 Å². The van der Waals surface area contributed by atoms with Crippen molar-refractivity contribution in [2.45, 2.75) is 33.1 Å². The van der Waals surface area contributed by atoms with E-state index in [2.05, 4.69) is 30.1 Å². The van der Waals surface area contributed by atoms with Crippen LogP contribution in [0.3, 0.4) is 0 Å². The third-order valence-electron chi connectivity index (χ3n) is 3.18. The summed E-state index contributed by atoms with van der Waals surface area (Å²) < 4.78 is 10.2. The van der Waals surface area contributed by atoms with Crippen LogP contribution in [0.4, 0.5) is 0 Å². The minimum absolute atomic E-state index is 0.116. The lowest BCUT2D eigenvalue weighted by Crippen LogP contribution is -2.18. The van der Waals surface area contributed by atoms with Gasteiger partial charge in [0.1, 0.15) is 6.26 Å². The number of rotatable bonds is 5. The standard InChI is InChI=1S/C13H15N3O2/c1-3-13(2,5-6-14)8-11-15-12(16-18-11)10-4-7-17-9-10/h4,7,9H,3,5,8H2,1-2H3. The fraction of sp³-hybridized carbons (Fsp3) is 0.462. The monoisotopic (exact) mass is 245 g/mol. The fourth-order valence-electron chi connectivity index (χ4n) is 1.70. The van der Waals surface area contributed by atoms with E-state index >= 15 is 0 Å². The molecule has 0 fully saturated rings. The average molecular weight is 245 g/mol. The summed E-state index contributed by atoms with van der Waals surface area (Å²) in [5.41, 5.74) is 0.679. The van der Waals surface area contributed by atoms with Crippen LogP contribution in [-0.4, -0.2) is 10.1 Å². The summed E-state index contributed by atoms with van der Waals surface area (Å²) in [6.45, 7) is 4.11. The maximum atomic E-state index is 8.84. The summed E-state index contributed by atoms with van der Waals surface area (Å²) in [6, 6.07) is 3.99. The molecule has 2 aromatic rings. The Morgan fingerprint density at radius 2 is 2.33 bits per heavy atom. The summed E-state index contributed by atoms with van der Waals surface area (Å²) in [5.74, 6) is 1.08. The Hall–Kier alpha value is -2.09. The van der Waals surface area contributed by atoms with E-state index in [0.717, 1.165) is 12.0 Å². The lowest BCUT2D eigenvalue weighted by molar-refractivity contribution is 0.266. The Labute approximate surface area is 105 Å². The van der Waals surface area contributed by atoms with Crippen molar-refractivity contribution in [1.82, 2.24) is 10.1 Å². The van der Waals surface area contributed by atoms with Gasteiger partial charge in [-0.15, -0.1) is 0 Å². The Bertz CT molecular complexity index is 539. The van der Waals surface area contributed by atoms with Crippen LogP contribution in [0.5, 0.6) is 0 Å². The second kappa shape index (κ2) is 5.05. The van der Waals surface area contributed by atoms with Gasteiger partial charge in [0, 0.05) is 12.8 Å². The first-order valence-electron chi connectivity index (χ1n) is 5.89. The highest BCUT2D eigenvalue weighted by Gasteiger charge is 2.25. The smallest absolute Gasteiger partial charge is 0.227 e. The summed E-state index contributed by atoms with van der Waals surface area (Å²) in [4.78, 5) is 4.32. The van der Waals surface area contributed by atoms with Crippen molar-refractivity contribution in [3.05, 3.63) is 24.5 Å². The first kappa shape index (κ1) is 12.4. The van der Waals surface area contributed by atoms with E-state index in [4.69, 9.17) is 14.2 Å². The van der Waals surface area contributed by atoms with Gasteiger partial charge < -0.3 is 8.94 Å². The van der Waals surface area contributed by atoms with Gasteiger partial charge in [-0.3, -0.25) is 0 Å². The molecule has 0 saturated heterocycles. The largest absolute Gasteiger partial charge is 0.472 e. The molecule has 0 N–H and O–H groups in total. The molecule has 2 rings (SSSR count). The van der Waals surface area contributed by atoms with E-state index in [9.17, 15) is 0 Å². The highest BCUT2D eigenvalue weighted by atomic mass is 16.5. The number of hydrogen-bond donors (Lipinski definition) is 0. The molecule has 0 radical (unpaired) electrons. The number of furan rings is 1. The summed E-state index contributed by atoms with van der Waals surface area (Å²) in [5, 5.41) is 12.7. The van der Waals surface area contributed by atoms with Gasteiger partial charge >= 0.3 is 0 Å². The SMILES string of the molecule is CCC(C)(CC#N)Cc1nc(-c2ccoc2)no1. The Kier molecular flexibility index (Phi) is 3.47. The van der Waals surface area contributed by atoms with Crippen LogP contribution in [0.15, 0.2) is 27.5 Å². The van der Waals surface area contributed by atoms with E-state index in [0.29, 0.717) is 24.6 Å². The second-order valence-corrected chi connectivity index (χ2v) is 4.70. The molecule has 1 unspecified atom stereocenters.